The number of aryl methyl sites for hydroxylation is 1. The molecule has 1 saturated carbocycles. The van der Waals surface area contributed by atoms with Gasteiger partial charge in [0.15, 0.2) is 0 Å². The number of primary amides is 1. The number of fused-ring (bicyclic) bond motifs is 2. The molecule has 27 heavy (non-hydrogen) atoms. The van der Waals surface area contributed by atoms with Gasteiger partial charge in [-0.1, -0.05) is 6.42 Å². The lowest BCUT2D eigenvalue weighted by Crippen LogP contribution is -2.58. The molecule has 2 aromatic heterocycles. The number of pyridine rings is 1. The summed E-state index contributed by atoms with van der Waals surface area (Å²) in [5.41, 5.74) is 7.49. The number of nitrogens with one attached hydrogen (secondary N) is 1. The number of nitrogens with zero attached hydrogens (tertiary/aromatic N) is 3. The highest BCUT2D eigenvalue weighted by Gasteiger charge is 2.53. The second kappa shape index (κ2) is 7.05. The van der Waals surface area contributed by atoms with Crippen molar-refractivity contribution in [1.29, 1.82) is 0 Å². The van der Waals surface area contributed by atoms with E-state index in [-0.39, 0.29) is 5.60 Å². The zero-order valence-corrected chi connectivity index (χ0v) is 15.9. The first-order valence-electron chi connectivity index (χ1n) is 9.57. The van der Waals surface area contributed by atoms with Crippen LogP contribution in [0.5, 0.6) is 0 Å². The van der Waals surface area contributed by atoms with Crippen molar-refractivity contribution in [2.45, 2.75) is 38.3 Å². The van der Waals surface area contributed by atoms with Crippen LogP contribution in [-0.2, 0) is 16.9 Å². The molecule has 7 nitrogen and oxygen atoms in total. The lowest BCUT2D eigenvalue weighted by molar-refractivity contribution is -0.170. The molecule has 0 spiro atoms. The van der Waals surface area contributed by atoms with Gasteiger partial charge in [0.25, 0.3) is 5.91 Å². The van der Waals surface area contributed by atoms with Crippen LogP contribution in [0.25, 0.3) is 0 Å². The van der Waals surface area contributed by atoms with Crippen molar-refractivity contribution in [1.82, 2.24) is 19.9 Å². The van der Waals surface area contributed by atoms with Crippen LogP contribution < -0.4 is 5.73 Å². The van der Waals surface area contributed by atoms with E-state index in [1.807, 2.05) is 25.3 Å². The van der Waals surface area contributed by atoms with Gasteiger partial charge in [0.1, 0.15) is 17.1 Å². The summed E-state index contributed by atoms with van der Waals surface area (Å²) in [6, 6.07) is 3.80. The molecule has 1 amide bonds. The molecule has 3 heterocycles. The zero-order valence-electron chi connectivity index (χ0n) is 15.9. The summed E-state index contributed by atoms with van der Waals surface area (Å²) in [6.45, 7) is 4.73. The van der Waals surface area contributed by atoms with Crippen LogP contribution in [-0.4, -0.2) is 46.0 Å². The van der Waals surface area contributed by atoms with Gasteiger partial charge in [-0.05, 0) is 37.5 Å². The van der Waals surface area contributed by atoms with Crippen LogP contribution >= 0.6 is 0 Å². The van der Waals surface area contributed by atoms with Gasteiger partial charge in [-0.15, -0.1) is 0 Å². The second-order valence-corrected chi connectivity index (χ2v) is 7.82. The van der Waals surface area contributed by atoms with E-state index in [1.165, 1.54) is 6.42 Å². The van der Waals surface area contributed by atoms with Crippen LogP contribution in [0.4, 0.5) is 0 Å². The molecular formula is C20H27N5O2. The molecule has 3 atom stereocenters. The minimum absolute atomic E-state index is 0.301. The topological polar surface area (TPSA) is 97.1 Å². The van der Waals surface area contributed by atoms with Crippen molar-refractivity contribution in [3.63, 3.8) is 0 Å². The van der Waals surface area contributed by atoms with Crippen molar-refractivity contribution in [2.75, 3.05) is 20.2 Å². The van der Waals surface area contributed by atoms with E-state index in [2.05, 4.69) is 19.9 Å². The minimum Gasteiger partial charge on any atom is -0.373 e. The number of hydrogen-bond donors (Lipinski definition) is 2. The molecule has 2 bridgehead atoms. The fourth-order valence-corrected chi connectivity index (χ4v) is 5.14. The molecule has 1 saturated heterocycles. The highest BCUT2D eigenvalue weighted by Crippen LogP contribution is 2.51. The van der Waals surface area contributed by atoms with Crippen molar-refractivity contribution < 1.29 is 9.53 Å². The van der Waals surface area contributed by atoms with Gasteiger partial charge < -0.3 is 15.5 Å². The Bertz CT molecular complexity index is 819. The number of H-pyrrole nitrogens is 1. The first-order valence-corrected chi connectivity index (χ1v) is 9.57. The monoisotopic (exact) mass is 369 g/mol. The van der Waals surface area contributed by atoms with E-state index in [4.69, 9.17) is 10.5 Å². The number of carbonyl (C=O) groups excluding carboxylic acids is 1. The van der Waals surface area contributed by atoms with E-state index in [9.17, 15) is 4.79 Å². The molecule has 144 valence electrons. The molecule has 2 aromatic rings. The Morgan fingerprint density at radius 2 is 2.11 bits per heavy atom. The van der Waals surface area contributed by atoms with Gasteiger partial charge in [0.05, 0.1) is 6.54 Å². The number of amides is 1. The molecule has 4 rings (SSSR count). The van der Waals surface area contributed by atoms with Gasteiger partial charge in [0, 0.05) is 50.1 Å². The molecule has 0 radical (unpaired) electrons. The van der Waals surface area contributed by atoms with E-state index < -0.39 is 5.91 Å². The number of imidazole rings is 1. The maximum Gasteiger partial charge on any atom is 0.267 e. The van der Waals surface area contributed by atoms with Gasteiger partial charge in [0.2, 0.25) is 0 Å². The van der Waals surface area contributed by atoms with E-state index in [1.54, 1.807) is 13.3 Å². The highest BCUT2D eigenvalue weighted by molar-refractivity contribution is 5.90. The van der Waals surface area contributed by atoms with Crippen LogP contribution in [0.15, 0.2) is 24.5 Å². The predicted octanol–water partition coefficient (Wildman–Crippen LogP) is 1.99. The summed E-state index contributed by atoms with van der Waals surface area (Å²) in [5, 5.41) is 0. The SMILES string of the molecule is COC1(c2ccnc(C(N)=O)c2)[C@@H]2CCC[C@H]1CN(Cc1ncc(C)[nH]1)C2. The van der Waals surface area contributed by atoms with E-state index >= 15 is 0 Å². The fraction of sp³-hybridized carbons (Fsp3) is 0.550. The molecule has 7 heteroatoms. The fourth-order valence-electron chi connectivity index (χ4n) is 5.14. The molecule has 0 aromatic carbocycles. The Kier molecular flexibility index (Phi) is 4.74. The molecule has 2 fully saturated rings. The highest BCUT2D eigenvalue weighted by atomic mass is 16.5. The van der Waals surface area contributed by atoms with Gasteiger partial charge in [-0.3, -0.25) is 14.7 Å². The quantitative estimate of drug-likeness (QED) is 0.840. The third kappa shape index (κ3) is 3.15. The van der Waals surface area contributed by atoms with Gasteiger partial charge in [-0.2, -0.15) is 0 Å². The number of aromatic amines is 1. The molecule has 2 aliphatic rings. The van der Waals surface area contributed by atoms with E-state index in [0.29, 0.717) is 17.5 Å². The largest absolute Gasteiger partial charge is 0.373 e. The Morgan fingerprint density at radius 3 is 2.70 bits per heavy atom. The zero-order chi connectivity index (χ0) is 19.0. The summed E-state index contributed by atoms with van der Waals surface area (Å²) in [4.78, 5) is 26.0. The van der Waals surface area contributed by atoms with Gasteiger partial charge in [-0.25, -0.2) is 4.98 Å². The standard InChI is InChI=1S/C20H27N5O2/c1-13-9-23-18(24-13)12-25-10-15-4-3-5-16(11-25)20(15,27-2)14-6-7-22-17(8-14)19(21)26/h6-9,15-16H,3-5,10-12H2,1-2H3,(H2,21,26)(H,23,24)/t15-,16+,20?. The molecule has 1 aliphatic carbocycles. The number of rotatable bonds is 5. The van der Waals surface area contributed by atoms with Crippen LogP contribution in [0, 0.1) is 18.8 Å². The number of likely N-dealkylation sites (tertiary alicyclic amines) is 1. The summed E-state index contributed by atoms with van der Waals surface area (Å²) >= 11 is 0. The Balaban J connectivity index is 1.64. The normalized spacial score (nSPS) is 28.2. The number of ether oxygens (including phenoxy) is 1. The van der Waals surface area contributed by atoms with Crippen LogP contribution in [0.2, 0.25) is 0 Å². The third-order valence-corrected chi connectivity index (χ3v) is 6.21. The maximum atomic E-state index is 11.6. The minimum atomic E-state index is -0.501. The number of hydrogen-bond acceptors (Lipinski definition) is 5. The van der Waals surface area contributed by atoms with Crippen LogP contribution in [0.1, 0.15) is 46.8 Å². The molecule has 1 unspecified atom stereocenters. The summed E-state index contributed by atoms with van der Waals surface area (Å²) in [7, 11) is 1.79. The van der Waals surface area contributed by atoms with Crippen molar-refractivity contribution in [3.8, 4) is 0 Å². The Labute approximate surface area is 159 Å². The second-order valence-electron chi connectivity index (χ2n) is 7.82. The molecule has 3 N–H and O–H groups in total. The molecular weight excluding hydrogens is 342 g/mol. The average Bonchev–Trinajstić information content (AvgIpc) is 3.06. The van der Waals surface area contributed by atoms with E-state index in [0.717, 1.165) is 49.6 Å². The van der Waals surface area contributed by atoms with Crippen molar-refractivity contribution in [3.05, 3.63) is 47.3 Å². The first kappa shape index (κ1) is 18.1. The van der Waals surface area contributed by atoms with Gasteiger partial charge >= 0.3 is 0 Å². The number of aromatic nitrogens is 3. The Morgan fingerprint density at radius 1 is 1.37 bits per heavy atom. The van der Waals surface area contributed by atoms with Crippen LogP contribution in [0.3, 0.4) is 0 Å². The Hall–Kier alpha value is -2.25. The summed E-state index contributed by atoms with van der Waals surface area (Å²) in [6.07, 6.45) is 6.96. The third-order valence-electron chi connectivity index (χ3n) is 6.21. The maximum absolute atomic E-state index is 11.6. The first-order chi connectivity index (χ1) is 13.0. The van der Waals surface area contributed by atoms with Crippen molar-refractivity contribution in [2.24, 2.45) is 17.6 Å². The van der Waals surface area contributed by atoms with Crippen molar-refractivity contribution >= 4 is 5.91 Å². The number of piperidine rings is 1. The molecule has 1 aliphatic heterocycles. The predicted molar refractivity (Wildman–Crippen MR) is 101 cm³/mol. The lowest BCUT2D eigenvalue weighted by Gasteiger charge is -2.55. The summed E-state index contributed by atoms with van der Waals surface area (Å²) in [5.74, 6) is 1.22. The number of nitrogens with two attached hydrogens (primary N) is 1. The summed E-state index contributed by atoms with van der Waals surface area (Å²) < 4.78 is 6.24. The smallest absolute Gasteiger partial charge is 0.267 e. The average molecular weight is 369 g/mol. The lowest BCUT2D eigenvalue weighted by atomic mass is 9.62. The number of carbonyl (C=O) groups is 1. The number of methoxy groups -OCH3 is 1.